The van der Waals surface area contributed by atoms with E-state index in [9.17, 15) is 19.8 Å². The quantitative estimate of drug-likeness (QED) is 0.344. The van der Waals surface area contributed by atoms with Gasteiger partial charge in [-0.3, -0.25) is 0 Å². The molecular formula is C9H18N2O4. The minimum absolute atomic E-state index is 0.384. The summed E-state index contributed by atoms with van der Waals surface area (Å²) in [6, 6.07) is 0. The summed E-state index contributed by atoms with van der Waals surface area (Å²) in [6.45, 7) is 2.17. The first-order valence-corrected chi connectivity index (χ1v) is 4.73. The summed E-state index contributed by atoms with van der Waals surface area (Å²) in [5.41, 5.74) is 7.47. The van der Waals surface area contributed by atoms with Gasteiger partial charge in [0.05, 0.1) is 25.0 Å². The Bertz CT molecular complexity index is 184. The fourth-order valence-corrected chi connectivity index (χ4v) is 0.666. The van der Waals surface area contributed by atoms with Gasteiger partial charge in [-0.1, -0.05) is 0 Å². The van der Waals surface area contributed by atoms with Crippen molar-refractivity contribution in [3.8, 4) is 0 Å². The molecule has 15 heavy (non-hydrogen) atoms. The van der Waals surface area contributed by atoms with E-state index in [0.29, 0.717) is 12.2 Å². The Morgan fingerprint density at radius 1 is 0.867 bits per heavy atom. The van der Waals surface area contributed by atoms with Crippen LogP contribution in [0.15, 0.2) is 12.2 Å². The zero-order chi connectivity index (χ0) is 12.1. The van der Waals surface area contributed by atoms with Crippen LogP contribution in [0.3, 0.4) is 0 Å². The first-order chi connectivity index (χ1) is 7.04. The van der Waals surface area contributed by atoms with Gasteiger partial charge in [-0.25, -0.2) is 0 Å². The number of carbonyl (C=O) groups excluding carboxylic acids is 2. The molecule has 6 nitrogen and oxygen atoms in total. The normalized spacial score (nSPS) is 9.47. The number of carboxylic acids is 2. The van der Waals surface area contributed by atoms with E-state index in [1.54, 1.807) is 0 Å². The van der Waals surface area contributed by atoms with Gasteiger partial charge in [0.2, 0.25) is 0 Å². The Kier molecular flexibility index (Phi) is 13.5. The molecule has 0 heterocycles. The van der Waals surface area contributed by atoms with E-state index in [-0.39, 0.29) is 0 Å². The van der Waals surface area contributed by atoms with E-state index in [1.165, 1.54) is 19.3 Å². The highest BCUT2D eigenvalue weighted by Crippen LogP contribution is 1.86. The van der Waals surface area contributed by atoms with Crippen LogP contribution in [0.1, 0.15) is 19.3 Å². The van der Waals surface area contributed by atoms with E-state index >= 15 is 0 Å². The number of aliphatic carboxylic acids is 2. The van der Waals surface area contributed by atoms with Gasteiger partial charge in [0, 0.05) is 0 Å². The van der Waals surface area contributed by atoms with E-state index in [2.05, 4.69) is 11.5 Å². The molecule has 0 spiro atoms. The van der Waals surface area contributed by atoms with Crippen LogP contribution in [0.25, 0.3) is 0 Å². The summed E-state index contributed by atoms with van der Waals surface area (Å²) in [7, 11) is 0. The minimum atomic E-state index is -1.55. The van der Waals surface area contributed by atoms with Gasteiger partial charge in [0.1, 0.15) is 0 Å². The van der Waals surface area contributed by atoms with Gasteiger partial charge >= 0.3 is 0 Å². The number of rotatable bonds is 6. The van der Waals surface area contributed by atoms with Gasteiger partial charge in [-0.15, -0.1) is 0 Å². The van der Waals surface area contributed by atoms with Crippen LogP contribution in [0.5, 0.6) is 0 Å². The van der Waals surface area contributed by atoms with E-state index < -0.39 is 11.9 Å². The van der Waals surface area contributed by atoms with Gasteiger partial charge < -0.3 is 31.3 Å². The lowest BCUT2D eigenvalue weighted by Crippen LogP contribution is -2.51. The summed E-state index contributed by atoms with van der Waals surface area (Å²) in [6.07, 6.45) is 4.63. The molecule has 0 saturated carbocycles. The first kappa shape index (κ1) is 16.0. The Hall–Kier alpha value is -1.40. The average Bonchev–Trinajstić information content (AvgIpc) is 2.17. The molecule has 0 aliphatic rings. The summed E-state index contributed by atoms with van der Waals surface area (Å²) >= 11 is 0. The molecule has 0 atom stereocenters. The molecule has 0 fully saturated rings. The second-order valence-electron chi connectivity index (χ2n) is 2.74. The van der Waals surface area contributed by atoms with Gasteiger partial charge in [-0.05, 0) is 31.4 Å². The number of unbranched alkanes of at least 4 members (excludes halogenated alkanes) is 2. The molecule has 0 unspecified atom stereocenters. The fourth-order valence-electron chi connectivity index (χ4n) is 0.666. The fraction of sp³-hybridized carbons (Fsp3) is 0.556. The summed E-state index contributed by atoms with van der Waals surface area (Å²) in [5, 5.41) is 18.8. The van der Waals surface area contributed by atoms with Crippen LogP contribution in [0, 0.1) is 0 Å². The molecule has 0 aromatic heterocycles. The van der Waals surface area contributed by atoms with Gasteiger partial charge in [-0.2, -0.15) is 0 Å². The van der Waals surface area contributed by atoms with E-state index in [4.69, 9.17) is 0 Å². The van der Waals surface area contributed by atoms with Crippen LogP contribution in [-0.2, 0) is 9.59 Å². The van der Waals surface area contributed by atoms with Crippen LogP contribution >= 0.6 is 0 Å². The second-order valence-corrected chi connectivity index (χ2v) is 2.74. The molecule has 0 radical (unpaired) electrons. The Labute approximate surface area is 88.6 Å². The lowest BCUT2D eigenvalue weighted by atomic mass is 10.2. The third-order valence-corrected chi connectivity index (χ3v) is 1.36. The monoisotopic (exact) mass is 218 g/mol. The number of carbonyl (C=O) groups is 2. The third-order valence-electron chi connectivity index (χ3n) is 1.36. The van der Waals surface area contributed by atoms with Crippen molar-refractivity contribution < 1.29 is 31.3 Å². The molecule has 6 heteroatoms. The number of hydrogen-bond acceptors (Lipinski definition) is 4. The molecule has 0 aromatic rings. The van der Waals surface area contributed by atoms with Crippen LogP contribution in [-0.4, -0.2) is 25.0 Å². The highest BCUT2D eigenvalue weighted by Gasteiger charge is 1.84. The molecule has 0 aromatic carbocycles. The molecule has 0 saturated heterocycles. The predicted octanol–water partition coefficient (Wildman–Crippen LogP) is -4.32. The second kappa shape index (κ2) is 12.6. The molecule has 0 rings (SSSR count). The standard InChI is InChI=1S/C5H14N2.C4H4O4/c6-4-2-1-3-5-7;5-3(6)1-2-4(7)8/h1-7H2;1-2H,(H,5,6)(H,7,8). The molecule has 0 aliphatic carbocycles. The highest BCUT2D eigenvalue weighted by molar-refractivity contribution is 5.87. The number of hydrogen-bond donors (Lipinski definition) is 2. The van der Waals surface area contributed by atoms with Crippen molar-refractivity contribution in [3.05, 3.63) is 12.2 Å². The predicted molar refractivity (Wildman–Crippen MR) is 48.5 cm³/mol. The van der Waals surface area contributed by atoms with E-state index in [0.717, 1.165) is 13.1 Å². The molecule has 0 amide bonds. The lowest BCUT2D eigenvalue weighted by Gasteiger charge is -1.90. The van der Waals surface area contributed by atoms with Gasteiger partial charge in [0.15, 0.2) is 0 Å². The third kappa shape index (κ3) is 24.5. The van der Waals surface area contributed by atoms with Crippen molar-refractivity contribution in [2.24, 2.45) is 0 Å². The van der Waals surface area contributed by atoms with Crippen molar-refractivity contribution in [1.29, 1.82) is 0 Å². The molecular weight excluding hydrogens is 200 g/mol. The first-order valence-electron chi connectivity index (χ1n) is 4.73. The SMILES string of the molecule is O=C([O-])C=CC(=O)[O-].[NH3+]CCCCC[NH3+]. The van der Waals surface area contributed by atoms with Crippen LogP contribution in [0.4, 0.5) is 0 Å². The highest BCUT2D eigenvalue weighted by atomic mass is 16.4. The largest absolute Gasteiger partial charge is 0.545 e. The Morgan fingerprint density at radius 3 is 1.40 bits per heavy atom. The average molecular weight is 218 g/mol. The lowest BCUT2D eigenvalue weighted by molar-refractivity contribution is -0.374. The van der Waals surface area contributed by atoms with Crippen LogP contribution < -0.4 is 21.7 Å². The smallest absolute Gasteiger partial charge is 0.0739 e. The molecule has 88 valence electrons. The molecule has 6 N–H and O–H groups in total. The minimum Gasteiger partial charge on any atom is -0.545 e. The Balaban J connectivity index is 0. The van der Waals surface area contributed by atoms with Gasteiger partial charge in [0.25, 0.3) is 0 Å². The van der Waals surface area contributed by atoms with Crippen molar-refractivity contribution in [2.75, 3.05) is 13.1 Å². The van der Waals surface area contributed by atoms with Crippen LogP contribution in [0.2, 0.25) is 0 Å². The summed E-state index contributed by atoms with van der Waals surface area (Å²) in [5.74, 6) is -3.09. The maximum absolute atomic E-state index is 9.41. The van der Waals surface area contributed by atoms with E-state index in [1.807, 2.05) is 0 Å². The zero-order valence-electron chi connectivity index (χ0n) is 8.74. The topological polar surface area (TPSA) is 136 Å². The van der Waals surface area contributed by atoms with Crippen molar-refractivity contribution in [1.82, 2.24) is 0 Å². The maximum Gasteiger partial charge on any atom is 0.0739 e. The molecule has 0 aliphatic heterocycles. The van der Waals surface area contributed by atoms with Crippen molar-refractivity contribution in [3.63, 3.8) is 0 Å². The number of carboxylic acid groups (broad SMARTS) is 2. The maximum atomic E-state index is 9.41. The molecule has 0 bridgehead atoms. The Morgan fingerprint density at radius 2 is 1.20 bits per heavy atom. The van der Waals surface area contributed by atoms with Crippen molar-refractivity contribution >= 4 is 11.9 Å². The number of quaternary nitrogens is 2. The summed E-state index contributed by atoms with van der Waals surface area (Å²) in [4.78, 5) is 18.8. The zero-order valence-corrected chi connectivity index (χ0v) is 8.74. The van der Waals surface area contributed by atoms with Crippen molar-refractivity contribution in [2.45, 2.75) is 19.3 Å². The summed E-state index contributed by atoms with van der Waals surface area (Å²) < 4.78 is 0.